The molecule has 1 amide bonds. The molecule has 0 aromatic heterocycles. The first-order valence-electron chi connectivity index (χ1n) is 5.25. The van der Waals surface area contributed by atoms with Crippen molar-refractivity contribution < 1.29 is 9.90 Å². The SMILES string of the molecule is CCCc1ccc(SC(=O)N(C)C)cc1O. The van der Waals surface area contributed by atoms with Gasteiger partial charge in [-0.25, -0.2) is 0 Å². The fraction of sp³-hybridized carbons (Fsp3) is 0.417. The Morgan fingerprint density at radius 1 is 1.44 bits per heavy atom. The molecule has 0 aliphatic carbocycles. The third-order valence-corrected chi connectivity index (χ3v) is 3.18. The Morgan fingerprint density at radius 3 is 2.62 bits per heavy atom. The van der Waals surface area contributed by atoms with Crippen molar-refractivity contribution in [2.24, 2.45) is 0 Å². The monoisotopic (exact) mass is 239 g/mol. The van der Waals surface area contributed by atoms with Crippen molar-refractivity contribution in [3.63, 3.8) is 0 Å². The molecule has 4 heteroatoms. The molecule has 16 heavy (non-hydrogen) atoms. The zero-order valence-corrected chi connectivity index (χ0v) is 10.7. The molecule has 0 heterocycles. The van der Waals surface area contributed by atoms with Gasteiger partial charge in [0.15, 0.2) is 0 Å². The lowest BCUT2D eigenvalue weighted by molar-refractivity contribution is 0.241. The van der Waals surface area contributed by atoms with Crippen LogP contribution in [-0.4, -0.2) is 29.3 Å². The highest BCUT2D eigenvalue weighted by molar-refractivity contribution is 8.13. The third-order valence-electron chi connectivity index (χ3n) is 2.15. The van der Waals surface area contributed by atoms with E-state index in [9.17, 15) is 9.90 Å². The van der Waals surface area contributed by atoms with Gasteiger partial charge in [0.05, 0.1) is 0 Å². The number of rotatable bonds is 3. The molecule has 0 aliphatic rings. The lowest BCUT2D eigenvalue weighted by Gasteiger charge is -2.10. The van der Waals surface area contributed by atoms with Crippen LogP contribution in [0, 0.1) is 0 Å². The zero-order valence-electron chi connectivity index (χ0n) is 9.86. The highest BCUT2D eigenvalue weighted by Crippen LogP contribution is 2.27. The summed E-state index contributed by atoms with van der Waals surface area (Å²) in [7, 11) is 3.42. The van der Waals surface area contributed by atoms with Crippen molar-refractivity contribution in [3.05, 3.63) is 23.8 Å². The van der Waals surface area contributed by atoms with Gasteiger partial charge in [0.2, 0.25) is 0 Å². The number of aryl methyl sites for hydroxylation is 1. The Hall–Kier alpha value is -1.16. The number of carbonyl (C=O) groups is 1. The predicted octanol–water partition coefficient (Wildman–Crippen LogP) is 3.12. The highest BCUT2D eigenvalue weighted by Gasteiger charge is 2.08. The molecule has 0 bridgehead atoms. The molecule has 0 saturated carbocycles. The summed E-state index contributed by atoms with van der Waals surface area (Å²) >= 11 is 1.12. The van der Waals surface area contributed by atoms with E-state index in [-0.39, 0.29) is 11.0 Å². The van der Waals surface area contributed by atoms with Crippen LogP contribution in [0.25, 0.3) is 0 Å². The molecule has 0 saturated heterocycles. The Balaban J connectivity index is 2.77. The second-order valence-electron chi connectivity index (χ2n) is 3.80. The average Bonchev–Trinajstić information content (AvgIpc) is 2.22. The van der Waals surface area contributed by atoms with Gasteiger partial charge in [-0.1, -0.05) is 19.4 Å². The Bertz CT molecular complexity index is 377. The molecule has 1 aromatic rings. The maximum atomic E-state index is 11.4. The van der Waals surface area contributed by atoms with Gasteiger partial charge < -0.3 is 10.0 Å². The van der Waals surface area contributed by atoms with Crippen LogP contribution in [0.2, 0.25) is 0 Å². The van der Waals surface area contributed by atoms with Gasteiger partial charge in [0.25, 0.3) is 5.24 Å². The molecule has 0 spiro atoms. The molecule has 88 valence electrons. The zero-order chi connectivity index (χ0) is 12.1. The smallest absolute Gasteiger partial charge is 0.285 e. The van der Waals surface area contributed by atoms with Crippen LogP contribution in [0.3, 0.4) is 0 Å². The maximum absolute atomic E-state index is 11.4. The number of phenolic OH excluding ortho intramolecular Hbond substituents is 1. The summed E-state index contributed by atoms with van der Waals surface area (Å²) in [6.07, 6.45) is 1.86. The highest BCUT2D eigenvalue weighted by atomic mass is 32.2. The summed E-state index contributed by atoms with van der Waals surface area (Å²) in [6.45, 7) is 2.07. The van der Waals surface area contributed by atoms with Gasteiger partial charge in [-0.2, -0.15) is 0 Å². The normalized spacial score (nSPS) is 10.2. The number of carbonyl (C=O) groups excluding carboxylic acids is 1. The molecule has 0 atom stereocenters. The van der Waals surface area contributed by atoms with E-state index in [1.54, 1.807) is 20.2 Å². The average molecular weight is 239 g/mol. The number of hydrogen-bond donors (Lipinski definition) is 1. The van der Waals surface area contributed by atoms with Gasteiger partial charge in [0, 0.05) is 19.0 Å². The van der Waals surface area contributed by atoms with Gasteiger partial charge in [-0.15, -0.1) is 0 Å². The van der Waals surface area contributed by atoms with Crippen LogP contribution in [0.4, 0.5) is 4.79 Å². The van der Waals surface area contributed by atoms with Gasteiger partial charge >= 0.3 is 0 Å². The fourth-order valence-electron chi connectivity index (χ4n) is 1.28. The molecule has 0 fully saturated rings. The van der Waals surface area contributed by atoms with Gasteiger partial charge in [0.1, 0.15) is 5.75 Å². The summed E-state index contributed by atoms with van der Waals surface area (Å²) in [5, 5.41) is 9.70. The molecular weight excluding hydrogens is 222 g/mol. The van der Waals surface area contributed by atoms with E-state index in [4.69, 9.17) is 0 Å². The molecule has 0 unspecified atom stereocenters. The van der Waals surface area contributed by atoms with Crippen molar-refractivity contribution in [3.8, 4) is 5.75 Å². The molecule has 3 nitrogen and oxygen atoms in total. The number of hydrogen-bond acceptors (Lipinski definition) is 3. The Kier molecular flexibility index (Phi) is 4.68. The van der Waals surface area contributed by atoms with Gasteiger partial charge in [-0.05, 0) is 35.9 Å². The number of phenols is 1. The third kappa shape index (κ3) is 3.45. The Morgan fingerprint density at radius 2 is 2.12 bits per heavy atom. The molecule has 1 rings (SSSR count). The summed E-state index contributed by atoms with van der Waals surface area (Å²) in [4.78, 5) is 13.7. The van der Waals surface area contributed by atoms with Crippen molar-refractivity contribution in [1.82, 2.24) is 4.90 Å². The summed E-state index contributed by atoms with van der Waals surface area (Å²) < 4.78 is 0. The Labute approximate surface area is 100 Å². The quantitative estimate of drug-likeness (QED) is 0.824. The van der Waals surface area contributed by atoms with Crippen LogP contribution in [-0.2, 0) is 6.42 Å². The van der Waals surface area contributed by atoms with Crippen LogP contribution in [0.5, 0.6) is 5.75 Å². The number of amides is 1. The lowest BCUT2D eigenvalue weighted by atomic mass is 10.1. The van der Waals surface area contributed by atoms with Crippen molar-refractivity contribution >= 4 is 17.0 Å². The second kappa shape index (κ2) is 5.80. The van der Waals surface area contributed by atoms with E-state index in [0.29, 0.717) is 0 Å². The molecule has 0 aliphatic heterocycles. The van der Waals surface area contributed by atoms with E-state index in [1.165, 1.54) is 4.90 Å². The van der Waals surface area contributed by atoms with Gasteiger partial charge in [-0.3, -0.25) is 4.79 Å². The van der Waals surface area contributed by atoms with E-state index in [0.717, 1.165) is 35.1 Å². The molecule has 1 aromatic carbocycles. The number of benzene rings is 1. The van der Waals surface area contributed by atoms with E-state index in [1.807, 2.05) is 12.1 Å². The maximum Gasteiger partial charge on any atom is 0.285 e. The van der Waals surface area contributed by atoms with Crippen molar-refractivity contribution in [2.45, 2.75) is 24.7 Å². The molecule has 1 N–H and O–H groups in total. The minimum Gasteiger partial charge on any atom is -0.508 e. The standard InChI is InChI=1S/C12H17NO2S/c1-4-5-9-6-7-10(8-11(9)14)16-12(15)13(2)3/h6-8,14H,4-5H2,1-3H3. The van der Waals surface area contributed by atoms with Crippen LogP contribution in [0.15, 0.2) is 23.1 Å². The molecule has 0 radical (unpaired) electrons. The molecular formula is C12H17NO2S. The van der Waals surface area contributed by atoms with Crippen molar-refractivity contribution in [2.75, 3.05) is 14.1 Å². The second-order valence-corrected chi connectivity index (χ2v) is 4.83. The minimum atomic E-state index is -0.0392. The fourth-order valence-corrected chi connectivity index (χ4v) is 1.97. The summed E-state index contributed by atoms with van der Waals surface area (Å²) in [6, 6.07) is 5.40. The minimum absolute atomic E-state index is 0.0392. The largest absolute Gasteiger partial charge is 0.508 e. The number of aromatic hydroxyl groups is 1. The van der Waals surface area contributed by atoms with Crippen LogP contribution >= 0.6 is 11.8 Å². The first-order valence-corrected chi connectivity index (χ1v) is 6.07. The summed E-state index contributed by atoms with van der Waals surface area (Å²) in [5.41, 5.74) is 0.934. The van der Waals surface area contributed by atoms with E-state index >= 15 is 0 Å². The van der Waals surface area contributed by atoms with E-state index in [2.05, 4.69) is 6.92 Å². The number of thioether (sulfide) groups is 1. The van der Waals surface area contributed by atoms with Crippen LogP contribution < -0.4 is 0 Å². The first-order chi connectivity index (χ1) is 7.54. The van der Waals surface area contributed by atoms with Crippen molar-refractivity contribution in [1.29, 1.82) is 0 Å². The topological polar surface area (TPSA) is 40.5 Å². The van der Waals surface area contributed by atoms with E-state index < -0.39 is 0 Å². The lowest BCUT2D eigenvalue weighted by Crippen LogP contribution is -2.15. The predicted molar refractivity (Wildman–Crippen MR) is 67.0 cm³/mol. The first kappa shape index (κ1) is 12.9. The number of nitrogens with zero attached hydrogens (tertiary/aromatic N) is 1. The summed E-state index contributed by atoms with van der Waals surface area (Å²) in [5.74, 6) is 0.276. The van der Waals surface area contributed by atoms with Crippen LogP contribution in [0.1, 0.15) is 18.9 Å².